The number of phenols is 2. The fraction of sp³-hybridized carbons (Fsp3) is 0.341. The summed E-state index contributed by atoms with van der Waals surface area (Å²) in [4.78, 5) is 24.2. The number of aryl methyl sites for hydroxylation is 1. The fourth-order valence-corrected chi connectivity index (χ4v) is 7.13. The molecule has 1 unspecified atom stereocenters. The molecule has 0 bridgehead atoms. The van der Waals surface area contributed by atoms with Gasteiger partial charge in [0.25, 0.3) is 0 Å². The first-order valence-electron chi connectivity index (χ1n) is 18.7. The van der Waals surface area contributed by atoms with Crippen LogP contribution in [0.5, 0.6) is 34.5 Å². The molecule has 1 saturated heterocycles. The van der Waals surface area contributed by atoms with E-state index in [0.29, 0.717) is 17.5 Å². The maximum Gasteiger partial charge on any atom is 0.336 e. The predicted octanol–water partition coefficient (Wildman–Crippen LogP) is 1.87. The molecule has 3 aromatic rings. The number of carbonyl (C=O) groups is 1. The molecule has 0 amide bonds. The summed E-state index contributed by atoms with van der Waals surface area (Å²) in [5.41, 5.74) is -0.689. The highest BCUT2D eigenvalue weighted by Crippen LogP contribution is 2.51. The third kappa shape index (κ3) is 8.39. The number of carboxylic acids is 1. The number of ether oxygens (including phenoxy) is 5. The molecule has 0 saturated carbocycles. The Balaban J connectivity index is 1.18. The van der Waals surface area contributed by atoms with Crippen LogP contribution in [0.15, 0.2) is 81.7 Å². The maximum atomic E-state index is 12.4. The van der Waals surface area contributed by atoms with Crippen LogP contribution in [-0.2, 0) is 22.6 Å². The zero-order valence-electron chi connectivity index (χ0n) is 31.8. The summed E-state index contributed by atoms with van der Waals surface area (Å²) in [6.07, 6.45) is -6.41. The molecule has 4 aliphatic heterocycles. The number of aromatic hydroxyl groups is 2. The number of phenolic OH excluding ortho intramolecular Hbond substituents is 2. The molecule has 4 heterocycles. The standard InChI is InChI=1S/C41H42N4O15/c1-2-19-9-20(11-23(47)10-19)17-56-36-29(59-40-35(51)37(52)41(55,38(60-40)39(53)54)14-22-15-43-18-44-22)13-28-32(34(36)50)26(48)12-27(58-28)21-3-5-24(6-4-21)57-30(16-46)33(49)25-7-8-31(42)45-25/h3-13,18,27,30,33,35,37-38,40,42,46-52,55H,2,14-17H2,1H3,(H,53,54)/t27?,30-,33-,35-,37+,38-,40-,41+/m1/s1. The van der Waals surface area contributed by atoms with Crippen LogP contribution in [0.4, 0.5) is 0 Å². The Morgan fingerprint density at radius 3 is 2.47 bits per heavy atom. The maximum absolute atomic E-state index is 12.4. The van der Waals surface area contributed by atoms with Gasteiger partial charge in [0.1, 0.15) is 77.4 Å². The second-order valence-corrected chi connectivity index (χ2v) is 14.4. The van der Waals surface area contributed by atoms with Gasteiger partial charge in [-0.05, 0) is 59.5 Å². The van der Waals surface area contributed by atoms with E-state index in [4.69, 9.17) is 29.1 Å². The molecule has 0 spiro atoms. The largest absolute Gasteiger partial charge is 0.508 e. The van der Waals surface area contributed by atoms with Gasteiger partial charge in [0.2, 0.25) is 12.0 Å². The number of amidine groups is 1. The Hall–Kier alpha value is -6.35. The van der Waals surface area contributed by atoms with Crippen molar-refractivity contribution in [2.75, 3.05) is 13.2 Å². The molecule has 8 atom stereocenters. The molecule has 10 N–H and O–H groups in total. The van der Waals surface area contributed by atoms with Crippen LogP contribution >= 0.6 is 0 Å². The van der Waals surface area contributed by atoms with Gasteiger partial charge < -0.3 is 69.6 Å². The summed E-state index contributed by atoms with van der Waals surface area (Å²) in [5.74, 6) is -3.67. The first-order chi connectivity index (χ1) is 28.7. The van der Waals surface area contributed by atoms with Crippen molar-refractivity contribution in [2.45, 2.75) is 74.9 Å². The smallest absolute Gasteiger partial charge is 0.336 e. The summed E-state index contributed by atoms with van der Waals surface area (Å²) < 4.78 is 29.5. The Kier molecular flexibility index (Phi) is 11.9. The molecule has 4 aliphatic rings. The number of aliphatic hydroxyl groups excluding tert-OH is 5. The van der Waals surface area contributed by atoms with Gasteiger partial charge in [-0.1, -0.05) is 25.1 Å². The van der Waals surface area contributed by atoms with Crippen molar-refractivity contribution in [3.63, 3.8) is 0 Å². The zero-order chi connectivity index (χ0) is 42.9. The van der Waals surface area contributed by atoms with Crippen molar-refractivity contribution < 1.29 is 74.4 Å². The third-order valence-corrected chi connectivity index (χ3v) is 10.2. The normalized spacial score (nSPS) is 25.4. The minimum Gasteiger partial charge on any atom is -0.508 e. The Morgan fingerprint density at radius 1 is 1.07 bits per heavy atom. The van der Waals surface area contributed by atoms with Gasteiger partial charge in [0, 0.05) is 24.3 Å². The van der Waals surface area contributed by atoms with Gasteiger partial charge in [-0.25, -0.2) is 14.8 Å². The molecular formula is C41H42N4O15. The van der Waals surface area contributed by atoms with E-state index in [-0.39, 0.29) is 53.2 Å². The van der Waals surface area contributed by atoms with E-state index < -0.39 is 90.5 Å². The van der Waals surface area contributed by atoms with E-state index in [1.165, 1.54) is 48.8 Å². The lowest BCUT2D eigenvalue weighted by Gasteiger charge is -2.46. The number of nitrogens with zero attached hydrogens (tertiary/aromatic N) is 3. The topological polar surface area (TPSA) is 306 Å². The first-order valence-corrected chi connectivity index (χ1v) is 18.7. The van der Waals surface area contributed by atoms with Gasteiger partial charge in [0.05, 0.1) is 18.9 Å². The Labute approximate surface area is 341 Å². The number of carboxylic acid groups (broad SMARTS) is 1. The molecule has 60 heavy (non-hydrogen) atoms. The lowest BCUT2D eigenvalue weighted by molar-refractivity contribution is -0.303. The molecule has 19 heteroatoms. The van der Waals surface area contributed by atoms with Gasteiger partial charge in [-0.15, -0.1) is 0 Å². The van der Waals surface area contributed by atoms with E-state index in [2.05, 4.69) is 15.0 Å². The molecule has 3 aromatic carbocycles. The van der Waals surface area contributed by atoms with Crippen LogP contribution < -0.4 is 18.9 Å². The van der Waals surface area contributed by atoms with E-state index in [1.54, 1.807) is 24.3 Å². The predicted molar refractivity (Wildman–Crippen MR) is 211 cm³/mol. The van der Waals surface area contributed by atoms with Crippen molar-refractivity contribution >= 4 is 35.3 Å². The monoisotopic (exact) mass is 830 g/mol. The highest BCUT2D eigenvalue weighted by Gasteiger charge is 2.59. The number of nitrogens with one attached hydrogen (secondary N) is 1. The zero-order valence-corrected chi connectivity index (χ0v) is 31.8. The molecule has 19 nitrogen and oxygen atoms in total. The second kappa shape index (κ2) is 17.1. The average molecular weight is 831 g/mol. The molecule has 7 rings (SSSR count). The number of aliphatic imine (C=N–C) groups is 3. The number of hydrogen-bond donors (Lipinski definition) is 10. The minimum absolute atomic E-state index is 0.0298. The molecule has 0 aliphatic carbocycles. The van der Waals surface area contributed by atoms with E-state index in [9.17, 15) is 50.8 Å². The summed E-state index contributed by atoms with van der Waals surface area (Å²) in [6.45, 7) is 1.07. The van der Waals surface area contributed by atoms with Gasteiger partial charge in [0.15, 0.2) is 23.7 Å². The van der Waals surface area contributed by atoms with E-state index in [0.717, 1.165) is 5.56 Å². The lowest BCUT2D eigenvalue weighted by Crippen LogP contribution is -2.69. The Bertz CT molecular complexity index is 2310. The van der Waals surface area contributed by atoms with Gasteiger partial charge >= 0.3 is 5.97 Å². The molecule has 0 radical (unpaired) electrons. The lowest BCUT2D eigenvalue weighted by atomic mass is 9.80. The summed E-state index contributed by atoms with van der Waals surface area (Å²) >= 11 is 0. The van der Waals surface area contributed by atoms with Crippen LogP contribution in [0.3, 0.4) is 0 Å². The van der Waals surface area contributed by atoms with Gasteiger partial charge in [-0.2, -0.15) is 0 Å². The molecule has 1 fully saturated rings. The van der Waals surface area contributed by atoms with Crippen molar-refractivity contribution in [1.29, 1.82) is 5.41 Å². The van der Waals surface area contributed by atoms with Crippen LogP contribution in [0.25, 0.3) is 5.76 Å². The average Bonchev–Trinajstić information content (AvgIpc) is 3.91. The number of aliphatic hydroxyl groups is 6. The summed E-state index contributed by atoms with van der Waals surface area (Å²) in [7, 11) is 0. The van der Waals surface area contributed by atoms with Crippen LogP contribution in [0.2, 0.25) is 0 Å². The number of rotatable bonds is 15. The van der Waals surface area contributed by atoms with E-state index >= 15 is 0 Å². The first kappa shape index (κ1) is 41.8. The van der Waals surface area contributed by atoms with Crippen molar-refractivity contribution in [3.05, 3.63) is 89.0 Å². The molecule has 316 valence electrons. The highest BCUT2D eigenvalue weighted by atomic mass is 16.7. The summed E-state index contributed by atoms with van der Waals surface area (Å²) in [6, 6.07) is 12.1. The van der Waals surface area contributed by atoms with Crippen molar-refractivity contribution in [3.8, 4) is 34.5 Å². The van der Waals surface area contributed by atoms with Crippen molar-refractivity contribution in [1.82, 2.24) is 0 Å². The second-order valence-electron chi connectivity index (χ2n) is 14.4. The van der Waals surface area contributed by atoms with Crippen LogP contribution in [-0.4, -0.2) is 131 Å². The fourth-order valence-electron chi connectivity index (χ4n) is 7.13. The molecule has 0 aromatic heterocycles. The molecular weight excluding hydrogens is 788 g/mol. The Morgan fingerprint density at radius 2 is 1.82 bits per heavy atom. The van der Waals surface area contributed by atoms with Crippen molar-refractivity contribution in [2.24, 2.45) is 15.0 Å². The summed E-state index contributed by atoms with van der Waals surface area (Å²) in [5, 5.41) is 105. The van der Waals surface area contributed by atoms with Gasteiger partial charge in [-0.3, -0.25) is 10.4 Å². The van der Waals surface area contributed by atoms with Crippen LogP contribution in [0.1, 0.15) is 41.7 Å². The number of hydrogen-bond acceptors (Lipinski definition) is 17. The number of aliphatic carboxylic acids is 1. The number of fused-ring (bicyclic) bond motifs is 1. The number of benzene rings is 3. The highest BCUT2D eigenvalue weighted by molar-refractivity contribution is 6.15. The minimum atomic E-state index is -2.57. The van der Waals surface area contributed by atoms with Crippen LogP contribution in [0, 0.1) is 5.41 Å². The third-order valence-electron chi connectivity index (χ3n) is 10.2. The quantitative estimate of drug-likeness (QED) is 0.105. The SMILES string of the molecule is CCc1cc(O)cc(COc2c(O[C@@H]3O[C@H](C(=O)O)[C@](O)(CC4=NC=NC4)[C@@H](O)[C@H]3O)cc3c(c2O)C(O)=CC(c2ccc(O[C@H](CO)[C@H](O)C4=NC(=N)C=C4)cc2)O3)c1. The van der Waals surface area contributed by atoms with E-state index in [1.807, 2.05) is 6.92 Å².